The monoisotopic (exact) mass is 277 g/mol. The maximum Gasteiger partial charge on any atom is 0.137 e. The molecule has 0 saturated heterocycles. The first kappa shape index (κ1) is 12.6. The summed E-state index contributed by atoms with van der Waals surface area (Å²) in [6.45, 7) is 0.694. The minimum absolute atomic E-state index is 0.162. The second-order valence-corrected chi connectivity index (χ2v) is 5.57. The van der Waals surface area contributed by atoms with Crippen molar-refractivity contribution >= 4 is 11.6 Å². The lowest BCUT2D eigenvalue weighted by molar-refractivity contribution is -0.0102. The van der Waals surface area contributed by atoms with E-state index in [-0.39, 0.29) is 5.92 Å². The molecule has 0 bridgehead atoms. The number of rotatable bonds is 3. The molecule has 1 saturated carbocycles. The Morgan fingerprint density at radius 2 is 2.16 bits per heavy atom. The van der Waals surface area contributed by atoms with Gasteiger partial charge in [-0.2, -0.15) is 5.10 Å². The molecule has 0 unspecified atom stereocenters. The van der Waals surface area contributed by atoms with Gasteiger partial charge < -0.3 is 5.11 Å². The van der Waals surface area contributed by atoms with E-state index in [1.165, 1.54) is 6.33 Å². The average molecular weight is 278 g/mol. The van der Waals surface area contributed by atoms with Gasteiger partial charge in [-0.25, -0.2) is 4.98 Å². The molecule has 5 heteroatoms. The highest BCUT2D eigenvalue weighted by atomic mass is 35.5. The lowest BCUT2D eigenvalue weighted by Crippen LogP contribution is -2.33. The zero-order valence-electron chi connectivity index (χ0n) is 10.5. The van der Waals surface area contributed by atoms with Gasteiger partial charge in [0.1, 0.15) is 12.7 Å². The molecule has 1 N–H and O–H groups in total. The summed E-state index contributed by atoms with van der Waals surface area (Å²) in [6.07, 6.45) is 6.03. The molecule has 1 aromatic carbocycles. The first-order valence-electron chi connectivity index (χ1n) is 6.49. The van der Waals surface area contributed by atoms with E-state index in [0.717, 1.165) is 24.8 Å². The third-order valence-electron chi connectivity index (χ3n) is 4.00. The van der Waals surface area contributed by atoms with Crippen molar-refractivity contribution in [2.45, 2.75) is 31.4 Å². The van der Waals surface area contributed by atoms with Crippen LogP contribution in [0.4, 0.5) is 0 Å². The average Bonchev–Trinajstić information content (AvgIpc) is 3.03. The number of hydrogen-bond acceptors (Lipinski definition) is 3. The predicted molar refractivity (Wildman–Crippen MR) is 72.7 cm³/mol. The van der Waals surface area contributed by atoms with Gasteiger partial charge in [0.25, 0.3) is 0 Å². The number of halogens is 1. The maximum atomic E-state index is 11.0. The molecule has 1 fully saturated rings. The van der Waals surface area contributed by atoms with E-state index >= 15 is 0 Å². The van der Waals surface area contributed by atoms with Gasteiger partial charge in [-0.15, -0.1) is 0 Å². The topological polar surface area (TPSA) is 50.9 Å². The summed E-state index contributed by atoms with van der Waals surface area (Å²) in [7, 11) is 0. The Kier molecular flexibility index (Phi) is 3.29. The summed E-state index contributed by atoms with van der Waals surface area (Å²) in [5.74, 6) is 0.162. The van der Waals surface area contributed by atoms with Crippen molar-refractivity contribution < 1.29 is 5.11 Å². The fourth-order valence-electron chi connectivity index (χ4n) is 2.97. The lowest BCUT2D eigenvalue weighted by Gasteiger charge is -2.30. The van der Waals surface area contributed by atoms with Crippen LogP contribution in [-0.2, 0) is 12.1 Å². The fourth-order valence-corrected chi connectivity index (χ4v) is 3.10. The Balaban J connectivity index is 1.86. The molecule has 100 valence electrons. The molecule has 2 aromatic rings. The van der Waals surface area contributed by atoms with Gasteiger partial charge in [-0.1, -0.05) is 23.7 Å². The number of hydrogen-bond donors (Lipinski definition) is 1. The molecule has 3 rings (SSSR count). The van der Waals surface area contributed by atoms with Crippen LogP contribution in [0.2, 0.25) is 5.02 Å². The second-order valence-electron chi connectivity index (χ2n) is 5.14. The first-order chi connectivity index (χ1) is 9.18. The van der Waals surface area contributed by atoms with Crippen LogP contribution in [-0.4, -0.2) is 19.9 Å². The van der Waals surface area contributed by atoms with E-state index in [9.17, 15) is 5.11 Å². The van der Waals surface area contributed by atoms with Crippen molar-refractivity contribution in [3.8, 4) is 0 Å². The third kappa shape index (κ3) is 2.38. The van der Waals surface area contributed by atoms with Crippen LogP contribution in [0.25, 0.3) is 0 Å². The Morgan fingerprint density at radius 3 is 2.84 bits per heavy atom. The van der Waals surface area contributed by atoms with E-state index in [2.05, 4.69) is 10.1 Å². The van der Waals surface area contributed by atoms with Crippen LogP contribution in [0.5, 0.6) is 0 Å². The molecule has 2 atom stereocenters. The van der Waals surface area contributed by atoms with Crippen LogP contribution in [0, 0.1) is 5.92 Å². The van der Waals surface area contributed by atoms with Gasteiger partial charge in [0.05, 0.1) is 5.60 Å². The predicted octanol–water partition coefficient (Wildman–Crippen LogP) is 2.62. The van der Waals surface area contributed by atoms with Crippen LogP contribution in [0.3, 0.4) is 0 Å². The molecule has 0 aliphatic heterocycles. The molecule has 1 aromatic heterocycles. The molecule has 0 spiro atoms. The highest BCUT2D eigenvalue weighted by Gasteiger charge is 2.42. The smallest absolute Gasteiger partial charge is 0.137 e. The molecular formula is C14H16ClN3O. The zero-order valence-corrected chi connectivity index (χ0v) is 11.3. The van der Waals surface area contributed by atoms with Crippen molar-refractivity contribution in [1.29, 1.82) is 0 Å². The Labute approximate surface area is 117 Å². The van der Waals surface area contributed by atoms with Crippen LogP contribution in [0.15, 0.2) is 36.9 Å². The molecule has 1 aliphatic rings. The van der Waals surface area contributed by atoms with Crippen molar-refractivity contribution in [2.24, 2.45) is 5.92 Å². The lowest BCUT2D eigenvalue weighted by atomic mass is 9.84. The van der Waals surface area contributed by atoms with Crippen LogP contribution >= 0.6 is 11.6 Å². The van der Waals surface area contributed by atoms with Gasteiger partial charge in [-0.3, -0.25) is 4.68 Å². The quantitative estimate of drug-likeness (QED) is 0.938. The zero-order chi connectivity index (χ0) is 13.3. The van der Waals surface area contributed by atoms with E-state index in [0.29, 0.717) is 11.6 Å². The second kappa shape index (κ2) is 4.94. The summed E-state index contributed by atoms with van der Waals surface area (Å²) >= 11 is 5.91. The van der Waals surface area contributed by atoms with Crippen molar-refractivity contribution in [3.05, 3.63) is 47.5 Å². The third-order valence-corrected chi connectivity index (χ3v) is 4.26. The maximum absolute atomic E-state index is 11.0. The van der Waals surface area contributed by atoms with Gasteiger partial charge in [0.2, 0.25) is 0 Å². The molecule has 1 heterocycles. The highest BCUT2D eigenvalue weighted by molar-refractivity contribution is 6.30. The summed E-state index contributed by atoms with van der Waals surface area (Å²) in [4.78, 5) is 3.95. The van der Waals surface area contributed by atoms with Gasteiger partial charge in [-0.05, 0) is 37.0 Å². The highest BCUT2D eigenvalue weighted by Crippen LogP contribution is 2.44. The van der Waals surface area contributed by atoms with E-state index < -0.39 is 5.60 Å². The summed E-state index contributed by atoms with van der Waals surface area (Å²) < 4.78 is 1.79. The van der Waals surface area contributed by atoms with E-state index in [1.54, 1.807) is 11.0 Å². The van der Waals surface area contributed by atoms with Crippen LogP contribution in [0.1, 0.15) is 24.8 Å². The minimum Gasteiger partial charge on any atom is -0.385 e. The Bertz CT molecular complexity index is 540. The Hall–Kier alpha value is -1.39. The van der Waals surface area contributed by atoms with Crippen molar-refractivity contribution in [1.82, 2.24) is 14.8 Å². The number of aliphatic hydroxyl groups is 1. The standard InChI is InChI=1S/C14H16ClN3O/c15-13-5-3-11(4-6-13)14(19)7-1-2-12(14)8-18-10-16-9-17-18/h3-6,9-10,12,19H,1-2,7-8H2/t12-,14+/m0/s1. The fraction of sp³-hybridized carbons (Fsp3) is 0.429. The SMILES string of the molecule is O[C@@]1(c2ccc(Cl)cc2)CCC[C@H]1Cn1cncn1. The van der Waals surface area contributed by atoms with E-state index in [1.807, 2.05) is 24.3 Å². The molecular weight excluding hydrogens is 262 g/mol. The van der Waals surface area contributed by atoms with E-state index in [4.69, 9.17) is 11.6 Å². The molecule has 0 amide bonds. The first-order valence-corrected chi connectivity index (χ1v) is 6.87. The summed E-state index contributed by atoms with van der Waals surface area (Å²) in [6, 6.07) is 7.50. The van der Waals surface area contributed by atoms with Gasteiger partial charge in [0.15, 0.2) is 0 Å². The van der Waals surface area contributed by atoms with Gasteiger partial charge >= 0.3 is 0 Å². The number of nitrogens with zero attached hydrogens (tertiary/aromatic N) is 3. The largest absolute Gasteiger partial charge is 0.385 e. The normalized spacial score (nSPS) is 26.7. The molecule has 19 heavy (non-hydrogen) atoms. The van der Waals surface area contributed by atoms with Crippen molar-refractivity contribution in [2.75, 3.05) is 0 Å². The van der Waals surface area contributed by atoms with Crippen LogP contribution < -0.4 is 0 Å². The van der Waals surface area contributed by atoms with Gasteiger partial charge in [0, 0.05) is 17.5 Å². The number of benzene rings is 1. The molecule has 0 radical (unpaired) electrons. The number of aromatic nitrogens is 3. The minimum atomic E-state index is -0.781. The molecule has 1 aliphatic carbocycles. The summed E-state index contributed by atoms with van der Waals surface area (Å²) in [5.41, 5.74) is 0.163. The summed E-state index contributed by atoms with van der Waals surface area (Å²) in [5, 5.41) is 15.8. The van der Waals surface area contributed by atoms with Crippen molar-refractivity contribution in [3.63, 3.8) is 0 Å². The Morgan fingerprint density at radius 1 is 1.37 bits per heavy atom. The molecule has 4 nitrogen and oxygen atoms in total.